The fraction of sp³-hybridized carbons (Fsp3) is 0.259. The smallest absolute Gasteiger partial charge is 0.357 e. The molecule has 2 amide bonds. The lowest BCUT2D eigenvalue weighted by molar-refractivity contribution is -0.120. The largest absolute Gasteiger partial charge is 0.458 e. The second-order valence-corrected chi connectivity index (χ2v) is 10.1. The molecule has 9 nitrogen and oxygen atoms in total. The minimum atomic E-state index is -4.13. The third-order valence-electron chi connectivity index (χ3n) is 5.52. The molecule has 3 rings (SSSR count). The number of hydrogen-bond acceptors (Lipinski definition) is 7. The number of rotatable bonds is 11. The molecule has 0 fully saturated rings. The van der Waals surface area contributed by atoms with Crippen LogP contribution in [0.3, 0.4) is 0 Å². The lowest BCUT2D eigenvalue weighted by Gasteiger charge is -2.11. The van der Waals surface area contributed by atoms with Crippen LogP contribution in [0.25, 0.3) is 0 Å². The van der Waals surface area contributed by atoms with Gasteiger partial charge in [-0.15, -0.1) is 0 Å². The second kappa shape index (κ2) is 12.8. The number of carbonyl (C=O) groups is 3. The van der Waals surface area contributed by atoms with Crippen molar-refractivity contribution in [2.75, 3.05) is 6.54 Å². The van der Waals surface area contributed by atoms with E-state index in [1.54, 1.807) is 19.1 Å². The normalized spacial score (nSPS) is 11.8. The molecule has 0 radical (unpaired) electrons. The van der Waals surface area contributed by atoms with Crippen LogP contribution in [0.2, 0.25) is 0 Å². The first-order chi connectivity index (χ1) is 17.7. The Balaban J connectivity index is 1.52. The summed E-state index contributed by atoms with van der Waals surface area (Å²) in [5.74, 6) is -1.59. The maximum Gasteiger partial charge on any atom is 0.357 e. The van der Waals surface area contributed by atoms with Crippen LogP contribution < -0.4 is 10.0 Å². The van der Waals surface area contributed by atoms with Crippen molar-refractivity contribution in [2.45, 2.75) is 44.1 Å². The Labute approximate surface area is 216 Å². The van der Waals surface area contributed by atoms with E-state index < -0.39 is 21.9 Å². The van der Waals surface area contributed by atoms with Crippen LogP contribution in [0.4, 0.5) is 0 Å². The van der Waals surface area contributed by atoms with Gasteiger partial charge in [0.2, 0.25) is 5.91 Å². The topological polar surface area (TPSA) is 132 Å². The van der Waals surface area contributed by atoms with E-state index in [2.05, 4.69) is 10.3 Å². The van der Waals surface area contributed by atoms with Crippen molar-refractivity contribution in [1.82, 2.24) is 15.0 Å². The van der Waals surface area contributed by atoms with Gasteiger partial charge in [-0.2, -0.15) is 0 Å². The van der Waals surface area contributed by atoms with Crippen molar-refractivity contribution in [3.8, 4) is 0 Å². The third-order valence-corrected chi connectivity index (χ3v) is 6.87. The molecule has 0 aliphatic rings. The lowest BCUT2D eigenvalue weighted by atomic mass is 10.1. The minimum absolute atomic E-state index is 0.0200. The van der Waals surface area contributed by atoms with Crippen molar-refractivity contribution in [1.29, 1.82) is 0 Å². The van der Waals surface area contributed by atoms with Crippen molar-refractivity contribution in [3.63, 3.8) is 0 Å². The van der Waals surface area contributed by atoms with Gasteiger partial charge in [0.1, 0.15) is 5.69 Å². The van der Waals surface area contributed by atoms with Crippen molar-refractivity contribution in [2.24, 2.45) is 0 Å². The van der Waals surface area contributed by atoms with E-state index >= 15 is 0 Å². The van der Waals surface area contributed by atoms with Gasteiger partial charge in [0.05, 0.1) is 23.0 Å². The van der Waals surface area contributed by atoms with E-state index in [-0.39, 0.29) is 34.6 Å². The summed E-state index contributed by atoms with van der Waals surface area (Å²) in [5, 5.41) is 2.84. The zero-order valence-electron chi connectivity index (χ0n) is 20.6. The number of benzene rings is 2. The summed E-state index contributed by atoms with van der Waals surface area (Å²) < 4.78 is 32.5. The molecule has 3 aromatic rings. The fourth-order valence-electron chi connectivity index (χ4n) is 3.24. The number of ether oxygens (including phenoxy) is 1. The van der Waals surface area contributed by atoms with Crippen molar-refractivity contribution < 1.29 is 27.5 Å². The minimum Gasteiger partial charge on any atom is -0.458 e. The maximum atomic E-state index is 12.7. The van der Waals surface area contributed by atoms with Gasteiger partial charge in [0.15, 0.2) is 0 Å². The molecule has 2 aromatic carbocycles. The van der Waals surface area contributed by atoms with Gasteiger partial charge in [-0.3, -0.25) is 9.59 Å². The van der Waals surface area contributed by atoms with Crippen LogP contribution in [0.15, 0.2) is 77.8 Å². The number of aromatic nitrogens is 1. The van der Waals surface area contributed by atoms with E-state index in [0.717, 1.165) is 17.3 Å². The summed E-state index contributed by atoms with van der Waals surface area (Å²) in [4.78, 5) is 40.3. The SMILES string of the molecule is CC[C@H](C)OC(=O)c1ccc(C(=O)NS(=O)(=O)c2ccc(CCNC(=O)Cc3ccccc3)cc2)cn1. The monoisotopic (exact) mass is 523 g/mol. The Morgan fingerprint density at radius 2 is 1.65 bits per heavy atom. The zero-order chi connectivity index (χ0) is 26.8. The van der Waals surface area contributed by atoms with E-state index in [0.29, 0.717) is 19.4 Å². The number of hydrogen-bond donors (Lipinski definition) is 2. The summed E-state index contributed by atoms with van der Waals surface area (Å²) in [6, 6.07) is 18.1. The van der Waals surface area contributed by atoms with Crippen LogP contribution in [-0.2, 0) is 32.4 Å². The Hall–Kier alpha value is -4.05. The van der Waals surface area contributed by atoms with Crippen LogP contribution in [0.1, 0.15) is 52.2 Å². The first-order valence-electron chi connectivity index (χ1n) is 11.8. The van der Waals surface area contributed by atoms with Crippen LogP contribution in [-0.4, -0.2) is 43.8 Å². The van der Waals surface area contributed by atoms with Gasteiger partial charge in [-0.25, -0.2) is 22.9 Å². The van der Waals surface area contributed by atoms with Crippen LogP contribution >= 0.6 is 0 Å². The molecule has 10 heteroatoms. The predicted octanol–water partition coefficient (Wildman–Crippen LogP) is 3.06. The molecule has 37 heavy (non-hydrogen) atoms. The summed E-state index contributed by atoms with van der Waals surface area (Å²) in [6.07, 6.45) is 2.30. The summed E-state index contributed by atoms with van der Waals surface area (Å²) in [6.45, 7) is 4.03. The van der Waals surface area contributed by atoms with Gasteiger partial charge in [0.25, 0.3) is 15.9 Å². The first-order valence-corrected chi connectivity index (χ1v) is 13.3. The number of nitrogens with zero attached hydrogens (tertiary/aromatic N) is 1. The predicted molar refractivity (Wildman–Crippen MR) is 137 cm³/mol. The molecule has 0 spiro atoms. The summed E-state index contributed by atoms with van der Waals surface area (Å²) in [5.41, 5.74) is 1.75. The van der Waals surface area contributed by atoms with Gasteiger partial charge in [-0.05, 0) is 55.2 Å². The Kier molecular flexibility index (Phi) is 9.51. The van der Waals surface area contributed by atoms with Crippen molar-refractivity contribution in [3.05, 3.63) is 95.3 Å². The molecule has 0 aliphatic carbocycles. The molecule has 0 aliphatic heterocycles. The van der Waals surface area contributed by atoms with Crippen molar-refractivity contribution >= 4 is 27.8 Å². The molecule has 0 unspecified atom stereocenters. The lowest BCUT2D eigenvalue weighted by Crippen LogP contribution is -2.30. The first kappa shape index (κ1) is 27.5. The van der Waals surface area contributed by atoms with Gasteiger partial charge in [-0.1, -0.05) is 49.4 Å². The highest BCUT2D eigenvalue weighted by Crippen LogP contribution is 2.12. The fourth-order valence-corrected chi connectivity index (χ4v) is 4.21. The molecule has 0 saturated carbocycles. The van der Waals surface area contributed by atoms with Gasteiger partial charge >= 0.3 is 5.97 Å². The molecule has 0 saturated heterocycles. The van der Waals surface area contributed by atoms with E-state index in [4.69, 9.17) is 4.74 Å². The number of esters is 1. The summed E-state index contributed by atoms with van der Waals surface area (Å²) >= 11 is 0. The Morgan fingerprint density at radius 1 is 0.946 bits per heavy atom. The average molecular weight is 524 g/mol. The van der Waals surface area contributed by atoms with E-state index in [1.807, 2.05) is 42.0 Å². The van der Waals surface area contributed by atoms with E-state index in [1.165, 1.54) is 24.3 Å². The molecule has 194 valence electrons. The zero-order valence-corrected chi connectivity index (χ0v) is 21.5. The van der Waals surface area contributed by atoms with Crippen LogP contribution in [0.5, 0.6) is 0 Å². The van der Waals surface area contributed by atoms with Crippen LogP contribution in [0, 0.1) is 0 Å². The van der Waals surface area contributed by atoms with Gasteiger partial charge < -0.3 is 10.1 Å². The standard InChI is InChI=1S/C27H29N3O6S/c1-3-19(2)36-27(33)24-14-11-22(18-29-24)26(32)30-37(34,35)23-12-9-20(10-13-23)15-16-28-25(31)17-21-7-5-4-6-8-21/h4-14,18-19H,3,15-17H2,1-2H3,(H,28,31)(H,30,32)/t19-/m0/s1. The molecular weight excluding hydrogens is 494 g/mol. The Morgan fingerprint density at radius 3 is 2.27 bits per heavy atom. The highest BCUT2D eigenvalue weighted by atomic mass is 32.2. The highest BCUT2D eigenvalue weighted by molar-refractivity contribution is 7.90. The quantitative estimate of drug-likeness (QED) is 0.369. The second-order valence-electron chi connectivity index (χ2n) is 8.40. The highest BCUT2D eigenvalue weighted by Gasteiger charge is 2.20. The Bertz CT molecular complexity index is 1320. The molecule has 1 aromatic heterocycles. The average Bonchev–Trinajstić information content (AvgIpc) is 2.89. The molecule has 0 bridgehead atoms. The number of sulfonamides is 1. The molecule has 1 heterocycles. The third kappa shape index (κ3) is 8.25. The number of nitrogens with one attached hydrogen (secondary N) is 2. The maximum absolute atomic E-state index is 12.7. The number of carbonyl (C=O) groups excluding carboxylic acids is 3. The molecule has 2 N–H and O–H groups in total. The van der Waals surface area contributed by atoms with Gasteiger partial charge in [0, 0.05) is 12.7 Å². The number of amides is 2. The number of pyridine rings is 1. The molecular formula is C27H29N3O6S. The summed E-state index contributed by atoms with van der Waals surface area (Å²) in [7, 11) is -4.13. The van der Waals surface area contributed by atoms with E-state index in [9.17, 15) is 22.8 Å². The molecule has 1 atom stereocenters.